The van der Waals surface area contributed by atoms with E-state index in [-0.39, 0.29) is 0 Å². The summed E-state index contributed by atoms with van der Waals surface area (Å²) in [7, 11) is 6.95. The van der Waals surface area contributed by atoms with E-state index in [9.17, 15) is 0 Å². The Kier molecular flexibility index (Phi) is 106. The Bertz CT molecular complexity index is 3450. The average molecular weight is 1040 g/mol. The van der Waals surface area contributed by atoms with Gasteiger partial charge in [0.15, 0.2) is 0 Å². The summed E-state index contributed by atoms with van der Waals surface area (Å²) in [5, 5.41) is 0. The third-order valence-electron chi connectivity index (χ3n) is 10.2. The van der Waals surface area contributed by atoms with Crippen molar-refractivity contribution in [3.63, 3.8) is 0 Å². The van der Waals surface area contributed by atoms with Gasteiger partial charge in [-0.15, -0.1) is 0 Å². The van der Waals surface area contributed by atoms with Crippen LogP contribution in [0.5, 0.6) is 0 Å². The molecule has 95 heavy (non-hydrogen) atoms. The molecule has 1 radical (unpaired) electrons. The number of rotatable bonds is 47. The molecule has 1 nitrogen and oxygen atoms in total. The van der Waals surface area contributed by atoms with Crippen molar-refractivity contribution in [2.75, 3.05) is 6.61 Å². The Morgan fingerprint density at radius 3 is 0.274 bits per heavy atom. The van der Waals surface area contributed by atoms with Crippen molar-refractivity contribution in [2.24, 2.45) is 0 Å². The predicted molar refractivity (Wildman–Crippen MR) is 541 cm³/mol. The van der Waals surface area contributed by atoms with E-state index in [0.29, 0.717) is 6.61 Å². The van der Waals surface area contributed by atoms with Gasteiger partial charge in [-0.25, -0.2) is 0 Å². The molecule has 0 aromatic carbocycles. The second-order valence-electron chi connectivity index (χ2n) is 17.9. The summed E-state index contributed by atoms with van der Waals surface area (Å²) in [6.45, 7) is 181. The average Bonchev–Trinajstić information content (AvgIpc) is 3.59. The maximum atomic E-state index is 5.27. The third kappa shape index (κ3) is 99.8. The van der Waals surface area contributed by atoms with Crippen molar-refractivity contribution in [3.8, 4) is 0 Å². The molecular weight excluding hydrogens is 1030 g/mol. The van der Waals surface area contributed by atoms with Gasteiger partial charge in [-0.2, -0.15) is 0 Å². The Labute approximate surface area is 628 Å². The van der Waals surface area contributed by atoms with Gasteiger partial charge in [-0.3, -0.25) is 0 Å². The molecule has 0 aromatic heterocycles. The zero-order chi connectivity index (χ0) is 67.8. The van der Waals surface area contributed by atoms with Crippen molar-refractivity contribution in [1.29, 1.82) is 0 Å². The zero-order valence-electron chi connectivity index (χ0n) is 55.2. The molecule has 0 aliphatic heterocycles. The van der Waals surface area contributed by atoms with Crippen LogP contribution in [0, 0.1) is 0 Å². The van der Waals surface area contributed by atoms with Crippen LogP contribution in [0.1, 0.15) is 6.92 Å². The van der Waals surface area contributed by atoms with E-state index in [1.165, 1.54) is 6.69 Å². The SMILES string of the molecule is [B]=BB=BB=BB=BB=BB=BB=BB=BB=BB=BB=BB=BB=BB=BB=BB=BB=BB=BB=BB=BB=BB=BB=BB=BB=BB=BB=BB=BB=BB=BB=BB=BB=BB=BB=BB=BB=BB=BB=BB=BB=BB=BB=BB=BB=BB=BOCC. The monoisotopic (exact) mass is 1060 g/mol. The third-order valence-corrected chi connectivity index (χ3v) is 10.2. The van der Waals surface area contributed by atoms with Gasteiger partial charge in [0.25, 0.3) is 0 Å². The van der Waals surface area contributed by atoms with Crippen LogP contribution in [0.25, 0.3) is 0 Å². The first kappa shape index (κ1) is 101. The van der Waals surface area contributed by atoms with Crippen LogP contribution in [-0.2, 0) is 4.65 Å². The molecule has 0 aliphatic rings. The molecule has 93 heteroatoms. The summed E-state index contributed by atoms with van der Waals surface area (Å²) in [4.78, 5) is 0. The first-order chi connectivity index (χ1) is 47.4. The molecule has 0 saturated carbocycles. The Hall–Kier alpha value is 5.77. The van der Waals surface area contributed by atoms with Crippen molar-refractivity contribution in [2.45, 2.75) is 6.92 Å². The molecular formula is C2H5B92O. The van der Waals surface area contributed by atoms with Crippen molar-refractivity contribution < 1.29 is 4.65 Å². The molecule has 0 spiro atoms. The van der Waals surface area contributed by atoms with Crippen LogP contribution in [0.4, 0.5) is 0 Å². The van der Waals surface area contributed by atoms with Gasteiger partial charge < -0.3 is 0 Å². The van der Waals surface area contributed by atoms with Crippen molar-refractivity contribution >= 4 is 617 Å². The van der Waals surface area contributed by atoms with Crippen molar-refractivity contribution in [1.82, 2.24) is 0 Å². The normalized spacial score (nSPS) is 7.87. The summed E-state index contributed by atoms with van der Waals surface area (Å²) < 4.78 is 5.12. The van der Waals surface area contributed by atoms with Gasteiger partial charge in [0.1, 0.15) is 0 Å². The zero-order valence-corrected chi connectivity index (χ0v) is 55.2. The molecule has 0 saturated heterocycles. The van der Waals surface area contributed by atoms with Crippen LogP contribution >= 0.6 is 0 Å². The quantitative estimate of drug-likeness (QED) is 0.0552. The maximum absolute atomic E-state index is 5.27. The van der Waals surface area contributed by atoms with Gasteiger partial charge in [-0.05, 0) is 0 Å². The molecule has 0 rings (SSSR count). The van der Waals surface area contributed by atoms with Gasteiger partial charge in [0, 0.05) is 0 Å². The van der Waals surface area contributed by atoms with Gasteiger partial charge in [0.05, 0.1) is 0 Å². The predicted octanol–water partition coefficient (Wildman–Crippen LogP) is -34.5. The van der Waals surface area contributed by atoms with Gasteiger partial charge in [-0.1, -0.05) is 0 Å². The summed E-state index contributed by atoms with van der Waals surface area (Å²) in [6.07, 6.45) is 0. The van der Waals surface area contributed by atoms with E-state index in [4.69, 9.17) is 12.0 Å². The van der Waals surface area contributed by atoms with E-state index < -0.39 is 0 Å². The van der Waals surface area contributed by atoms with Crippen LogP contribution in [0.3, 0.4) is 0 Å². The second-order valence-corrected chi connectivity index (χ2v) is 17.9. The Morgan fingerprint density at radius 2 is 0.200 bits per heavy atom. The number of hydrogen-bond acceptors (Lipinski definition) is 1. The van der Waals surface area contributed by atoms with E-state index >= 15 is 0 Å². The second kappa shape index (κ2) is 99.8. The van der Waals surface area contributed by atoms with Crippen molar-refractivity contribution in [3.05, 3.63) is 0 Å². The molecule has 295 valence electrons. The van der Waals surface area contributed by atoms with Gasteiger partial charge in [0.2, 0.25) is 0 Å². The fourth-order valence-electron chi connectivity index (χ4n) is 5.84. The molecule has 0 aromatic rings. The standard InChI is InChI=1S/C2H5B92O/c1-2-95-94-93-92-91-90-89-88-87-86-85-84-83-82-81-80-79-78-77-76-75-74-73-72-71-70-69-68-67-66-65-64-63-62-61-60-59-58-57-56-55-54-53-52-51-50-49-48-47-46-45-44-43-42-41-40-39-38-37-36-35-34-33-32-31-30-29-28-27-26-25-24-23-22-21-20-19-18-17-16-15-14-13-12-11-10-9-8-7-6-5-4-3/h2H2,1H3. The molecule has 0 aliphatic carbocycles. The van der Waals surface area contributed by atoms with Crippen LogP contribution in [0.2, 0.25) is 0 Å². The van der Waals surface area contributed by atoms with Gasteiger partial charge >= 0.3 is 635 Å². The molecule has 0 amide bonds. The van der Waals surface area contributed by atoms with Crippen LogP contribution in [-0.4, -0.2) is 623 Å². The topological polar surface area (TPSA) is 9.23 Å². The fourth-order valence-corrected chi connectivity index (χ4v) is 5.84. The molecule has 0 heterocycles. The molecule has 0 unspecified atom stereocenters. The van der Waals surface area contributed by atoms with Crippen LogP contribution < -0.4 is 0 Å². The number of hydrogen-bond donors (Lipinski definition) is 0. The Balaban J connectivity index is 4.11. The summed E-state index contributed by atoms with van der Waals surface area (Å²) in [6, 6.07) is 0. The Morgan fingerprint density at radius 1 is 0.126 bits per heavy atom. The molecule has 0 bridgehead atoms. The fraction of sp³-hybridized carbons (Fsp3) is 1.00. The first-order valence-corrected chi connectivity index (χ1v) is 31.6. The first-order valence-electron chi connectivity index (χ1n) is 31.6. The molecule has 0 atom stereocenters. The van der Waals surface area contributed by atoms with E-state index in [0.717, 1.165) is 0 Å². The summed E-state index contributed by atoms with van der Waals surface area (Å²) in [5.41, 5.74) is 0. The molecule has 0 N–H and O–H groups in total. The summed E-state index contributed by atoms with van der Waals surface area (Å²) >= 11 is 0. The van der Waals surface area contributed by atoms with E-state index in [1.807, 2.05) is 596 Å². The van der Waals surface area contributed by atoms with Crippen LogP contribution in [0.15, 0.2) is 0 Å². The molecule has 0 fully saturated rings. The van der Waals surface area contributed by atoms with E-state index in [2.05, 4.69) is 0 Å². The summed E-state index contributed by atoms with van der Waals surface area (Å²) in [5.74, 6) is 0. The minimum absolute atomic E-state index is 0.683. The minimum atomic E-state index is 0.683. The van der Waals surface area contributed by atoms with E-state index in [1.54, 1.807) is 13.7 Å².